The van der Waals surface area contributed by atoms with Gasteiger partial charge in [-0.3, -0.25) is 19.4 Å². The number of aromatic nitrogens is 1. The van der Waals surface area contributed by atoms with Crippen molar-refractivity contribution in [3.63, 3.8) is 0 Å². The summed E-state index contributed by atoms with van der Waals surface area (Å²) in [6, 6.07) is 4.94. The lowest BCUT2D eigenvalue weighted by Gasteiger charge is -2.32. The van der Waals surface area contributed by atoms with E-state index in [2.05, 4.69) is 20.9 Å². The second kappa shape index (κ2) is 8.57. The number of rotatable bonds is 6. The van der Waals surface area contributed by atoms with Crippen LogP contribution in [0.3, 0.4) is 0 Å². The molecule has 8 heteroatoms. The number of carbonyl (C=O) groups excluding carboxylic acids is 3. The number of nitrogens with zero attached hydrogens (tertiary/aromatic N) is 1. The molecule has 0 saturated carbocycles. The van der Waals surface area contributed by atoms with E-state index in [0.717, 1.165) is 5.56 Å². The van der Waals surface area contributed by atoms with Gasteiger partial charge in [-0.05, 0) is 40.9 Å². The van der Waals surface area contributed by atoms with Crippen LogP contribution in [0.5, 0.6) is 0 Å². The average molecular weight is 372 g/mol. The molecule has 1 aliphatic heterocycles. The molecule has 3 rings (SSSR count). The van der Waals surface area contributed by atoms with E-state index in [9.17, 15) is 14.4 Å². The highest BCUT2D eigenvalue weighted by Gasteiger charge is 2.31. The molecule has 3 N–H and O–H groups in total. The van der Waals surface area contributed by atoms with Crippen LogP contribution in [0.2, 0.25) is 0 Å². The van der Waals surface area contributed by atoms with Gasteiger partial charge in [0.05, 0.1) is 17.6 Å². The molecule has 1 fully saturated rings. The molecule has 1 saturated heterocycles. The third-order valence-electron chi connectivity index (χ3n) is 4.21. The van der Waals surface area contributed by atoms with E-state index in [1.165, 1.54) is 6.20 Å². The largest absolute Gasteiger partial charge is 0.351 e. The number of hydrogen-bond acceptors (Lipinski definition) is 5. The van der Waals surface area contributed by atoms with Crippen molar-refractivity contribution in [1.29, 1.82) is 0 Å². The number of piperidine rings is 1. The number of carbonyl (C=O) groups is 3. The quantitative estimate of drug-likeness (QED) is 0.713. The van der Waals surface area contributed by atoms with Crippen LogP contribution in [-0.4, -0.2) is 35.3 Å². The molecular weight excluding hydrogens is 352 g/mol. The molecule has 1 aliphatic rings. The summed E-state index contributed by atoms with van der Waals surface area (Å²) in [5, 5.41) is 12.6. The lowest BCUT2D eigenvalue weighted by atomic mass is 9.93. The van der Waals surface area contributed by atoms with Crippen LogP contribution in [0.4, 0.5) is 0 Å². The predicted octanol–water partition coefficient (Wildman–Crippen LogP) is 1.40. The Balaban J connectivity index is 1.49. The third-order valence-corrected chi connectivity index (χ3v) is 4.91. The molecule has 2 atom stereocenters. The molecule has 0 spiro atoms. The smallest absolute Gasteiger partial charge is 0.252 e. The molecule has 7 nitrogen and oxygen atoms in total. The fraction of sp³-hybridized carbons (Fsp3) is 0.333. The standard InChI is InChI=1S/C18H20N4O3S/c23-15-4-3-14(17(22-15)13-6-9-26-11-13)21-16(24)5-8-20-18(25)12-2-1-7-19-10-12/h1-2,6-7,9-11,14,17H,3-5,8H2,(H,20,25)(H,21,24)(H,22,23)/t14-,17+/m1/s1. The van der Waals surface area contributed by atoms with Crippen LogP contribution in [0.15, 0.2) is 41.4 Å². The van der Waals surface area contributed by atoms with E-state index in [1.807, 2.05) is 16.8 Å². The van der Waals surface area contributed by atoms with Gasteiger partial charge in [0.15, 0.2) is 0 Å². The zero-order valence-corrected chi connectivity index (χ0v) is 14.9. The molecule has 3 amide bonds. The molecule has 0 radical (unpaired) electrons. The zero-order chi connectivity index (χ0) is 18.4. The van der Waals surface area contributed by atoms with Crippen molar-refractivity contribution in [2.24, 2.45) is 0 Å². The van der Waals surface area contributed by atoms with Gasteiger partial charge in [-0.25, -0.2) is 0 Å². The van der Waals surface area contributed by atoms with E-state index >= 15 is 0 Å². The minimum absolute atomic E-state index is 0.00423. The highest BCUT2D eigenvalue weighted by Crippen LogP contribution is 2.25. The van der Waals surface area contributed by atoms with E-state index < -0.39 is 0 Å². The lowest BCUT2D eigenvalue weighted by Crippen LogP contribution is -2.50. The molecule has 0 bridgehead atoms. The Hall–Kier alpha value is -2.74. The van der Waals surface area contributed by atoms with Crippen LogP contribution >= 0.6 is 11.3 Å². The maximum atomic E-state index is 12.2. The van der Waals surface area contributed by atoms with Crippen LogP contribution in [0.1, 0.15) is 41.2 Å². The summed E-state index contributed by atoms with van der Waals surface area (Å²) >= 11 is 1.55. The minimum Gasteiger partial charge on any atom is -0.351 e. The summed E-state index contributed by atoms with van der Waals surface area (Å²) in [6.45, 7) is 0.238. The molecule has 0 aromatic carbocycles. The summed E-state index contributed by atoms with van der Waals surface area (Å²) < 4.78 is 0. The van der Waals surface area contributed by atoms with E-state index in [0.29, 0.717) is 18.4 Å². The summed E-state index contributed by atoms with van der Waals surface area (Å²) in [5.41, 5.74) is 1.46. The first kappa shape index (κ1) is 18.1. The lowest BCUT2D eigenvalue weighted by molar-refractivity contribution is -0.127. The van der Waals surface area contributed by atoms with Crippen molar-refractivity contribution in [3.05, 3.63) is 52.5 Å². The van der Waals surface area contributed by atoms with Crippen molar-refractivity contribution in [3.8, 4) is 0 Å². The topological polar surface area (TPSA) is 100 Å². The van der Waals surface area contributed by atoms with Gasteiger partial charge in [-0.1, -0.05) is 0 Å². The Bertz CT molecular complexity index is 764. The van der Waals surface area contributed by atoms with Gasteiger partial charge in [0.2, 0.25) is 11.8 Å². The molecule has 136 valence electrons. The van der Waals surface area contributed by atoms with Crippen molar-refractivity contribution in [1.82, 2.24) is 20.9 Å². The number of nitrogens with one attached hydrogen (secondary N) is 3. The SMILES string of the molecule is O=C(CCNC(=O)c1cccnc1)N[C@@H]1CCC(=O)N[C@H]1c1ccsc1. The van der Waals surface area contributed by atoms with Gasteiger partial charge in [-0.15, -0.1) is 0 Å². The first-order chi connectivity index (χ1) is 12.6. The highest BCUT2D eigenvalue weighted by molar-refractivity contribution is 7.08. The number of hydrogen-bond donors (Lipinski definition) is 3. The van der Waals surface area contributed by atoms with Gasteiger partial charge in [0, 0.05) is 31.8 Å². The first-order valence-corrected chi connectivity index (χ1v) is 9.37. The van der Waals surface area contributed by atoms with Gasteiger partial charge < -0.3 is 16.0 Å². The van der Waals surface area contributed by atoms with Crippen molar-refractivity contribution >= 4 is 29.1 Å². The van der Waals surface area contributed by atoms with E-state index in [-0.39, 0.29) is 42.8 Å². The van der Waals surface area contributed by atoms with Crippen molar-refractivity contribution in [2.75, 3.05) is 6.54 Å². The maximum Gasteiger partial charge on any atom is 0.252 e. The predicted molar refractivity (Wildman–Crippen MR) is 97.6 cm³/mol. The Morgan fingerprint density at radius 3 is 2.96 bits per heavy atom. The van der Waals surface area contributed by atoms with Crippen LogP contribution in [0.25, 0.3) is 0 Å². The van der Waals surface area contributed by atoms with Gasteiger partial charge in [0.25, 0.3) is 5.91 Å². The Labute approximate surface area is 155 Å². The summed E-state index contributed by atoms with van der Waals surface area (Å²) in [4.78, 5) is 39.8. The molecule has 3 heterocycles. The second-order valence-corrected chi connectivity index (χ2v) is 6.84. The van der Waals surface area contributed by atoms with E-state index in [4.69, 9.17) is 0 Å². The van der Waals surface area contributed by atoms with Crippen LogP contribution < -0.4 is 16.0 Å². The number of thiophene rings is 1. The fourth-order valence-electron chi connectivity index (χ4n) is 2.89. The molecule has 2 aromatic rings. The Kier molecular flexibility index (Phi) is 5.96. The highest BCUT2D eigenvalue weighted by atomic mass is 32.1. The summed E-state index contributed by atoms with van der Waals surface area (Å²) in [6.07, 6.45) is 4.24. The second-order valence-electron chi connectivity index (χ2n) is 6.06. The Morgan fingerprint density at radius 1 is 1.35 bits per heavy atom. The molecule has 2 aromatic heterocycles. The van der Waals surface area contributed by atoms with Crippen molar-refractivity contribution in [2.45, 2.75) is 31.3 Å². The first-order valence-electron chi connectivity index (χ1n) is 8.42. The average Bonchev–Trinajstić information content (AvgIpc) is 3.18. The summed E-state index contributed by atoms with van der Waals surface area (Å²) in [7, 11) is 0. The van der Waals surface area contributed by atoms with Gasteiger partial charge >= 0.3 is 0 Å². The van der Waals surface area contributed by atoms with Crippen LogP contribution in [-0.2, 0) is 9.59 Å². The molecular formula is C18H20N4O3S. The monoisotopic (exact) mass is 372 g/mol. The minimum atomic E-state index is -0.257. The Morgan fingerprint density at radius 2 is 2.23 bits per heavy atom. The van der Waals surface area contributed by atoms with E-state index in [1.54, 1.807) is 29.7 Å². The molecule has 0 unspecified atom stereocenters. The van der Waals surface area contributed by atoms with Gasteiger partial charge in [-0.2, -0.15) is 11.3 Å². The summed E-state index contributed by atoms with van der Waals surface area (Å²) in [5.74, 6) is -0.416. The zero-order valence-electron chi connectivity index (χ0n) is 14.1. The maximum absolute atomic E-state index is 12.2. The molecule has 26 heavy (non-hydrogen) atoms. The number of pyridine rings is 1. The molecule has 0 aliphatic carbocycles. The number of amides is 3. The third kappa shape index (κ3) is 4.66. The fourth-order valence-corrected chi connectivity index (χ4v) is 3.59. The normalized spacial score (nSPS) is 19.5. The van der Waals surface area contributed by atoms with Crippen molar-refractivity contribution < 1.29 is 14.4 Å². The van der Waals surface area contributed by atoms with Crippen LogP contribution in [0, 0.1) is 0 Å². The van der Waals surface area contributed by atoms with Gasteiger partial charge in [0.1, 0.15) is 0 Å².